The number of nitrogens with zero attached hydrogens (tertiary/aromatic N) is 4. The number of hydrogen-bond acceptors (Lipinski definition) is 7. The Labute approximate surface area is 217 Å². The van der Waals surface area contributed by atoms with Crippen molar-refractivity contribution in [2.24, 2.45) is 0 Å². The van der Waals surface area contributed by atoms with Gasteiger partial charge in [0.2, 0.25) is 5.91 Å². The first kappa shape index (κ1) is 24.8. The zero-order valence-electron chi connectivity index (χ0n) is 20.0. The Balaban J connectivity index is 1.24. The van der Waals surface area contributed by atoms with Crippen LogP contribution in [0.4, 0.5) is 4.39 Å². The predicted octanol–water partition coefficient (Wildman–Crippen LogP) is 3.84. The Hall–Kier alpha value is -3.89. The summed E-state index contributed by atoms with van der Waals surface area (Å²) in [5.41, 5.74) is 2.01. The molecule has 3 heterocycles. The van der Waals surface area contributed by atoms with Crippen LogP contribution in [0, 0.1) is 5.82 Å². The molecule has 2 aromatic heterocycles. The van der Waals surface area contributed by atoms with E-state index < -0.39 is 6.04 Å². The molecule has 2 aromatic carbocycles. The highest BCUT2D eigenvalue weighted by atomic mass is 32.1. The van der Waals surface area contributed by atoms with Crippen molar-refractivity contribution < 1.29 is 18.7 Å². The molecule has 0 bridgehead atoms. The Morgan fingerprint density at radius 1 is 1.05 bits per heavy atom. The fourth-order valence-corrected chi connectivity index (χ4v) is 5.07. The van der Waals surface area contributed by atoms with E-state index in [2.05, 4.69) is 26.8 Å². The highest BCUT2D eigenvalue weighted by Gasteiger charge is 2.39. The van der Waals surface area contributed by atoms with Crippen molar-refractivity contribution in [1.29, 1.82) is 0 Å². The van der Waals surface area contributed by atoms with Gasteiger partial charge >= 0.3 is 0 Å². The van der Waals surface area contributed by atoms with Gasteiger partial charge in [-0.05, 0) is 70.8 Å². The average molecular weight is 520 g/mol. The minimum Gasteiger partial charge on any atom is -0.457 e. The van der Waals surface area contributed by atoms with Crippen LogP contribution in [-0.4, -0.2) is 50.0 Å². The molecule has 1 amide bonds. The maximum absolute atomic E-state index is 13.4. The van der Waals surface area contributed by atoms with Gasteiger partial charge in [0.15, 0.2) is 5.78 Å². The Morgan fingerprint density at radius 2 is 1.81 bits per heavy atom. The van der Waals surface area contributed by atoms with Crippen molar-refractivity contribution in [2.45, 2.75) is 38.0 Å². The van der Waals surface area contributed by atoms with Crippen LogP contribution in [-0.2, 0) is 29.1 Å². The summed E-state index contributed by atoms with van der Waals surface area (Å²) >= 11 is 1.64. The van der Waals surface area contributed by atoms with E-state index in [1.807, 2.05) is 17.5 Å². The van der Waals surface area contributed by atoms with Crippen LogP contribution in [0.1, 0.15) is 17.5 Å². The first-order valence-electron chi connectivity index (χ1n) is 11.9. The summed E-state index contributed by atoms with van der Waals surface area (Å²) in [5, 5.41) is 11.6. The van der Waals surface area contributed by atoms with Crippen molar-refractivity contribution in [2.75, 3.05) is 6.54 Å². The van der Waals surface area contributed by atoms with E-state index in [0.717, 1.165) is 5.56 Å². The molecule has 1 N–H and O–H groups in total. The molecule has 0 aliphatic carbocycles. The third-order valence-electron chi connectivity index (χ3n) is 6.28. The molecule has 4 aromatic rings. The van der Waals surface area contributed by atoms with Crippen molar-refractivity contribution in [3.05, 3.63) is 95.0 Å². The maximum Gasteiger partial charge on any atom is 0.245 e. The van der Waals surface area contributed by atoms with Crippen LogP contribution in [0.15, 0.2) is 78.0 Å². The number of nitrogens with one attached hydrogen (secondary N) is 1. The largest absolute Gasteiger partial charge is 0.457 e. The summed E-state index contributed by atoms with van der Waals surface area (Å²) in [6.45, 7) is 1.19. The Morgan fingerprint density at radius 3 is 2.49 bits per heavy atom. The number of halogens is 1. The van der Waals surface area contributed by atoms with Crippen molar-refractivity contribution in [1.82, 2.24) is 25.0 Å². The van der Waals surface area contributed by atoms with Gasteiger partial charge in [-0.15, -0.1) is 0 Å². The molecule has 1 aliphatic heterocycles. The molecular weight excluding hydrogens is 493 g/mol. The number of carbonyl (C=O) groups excluding carboxylic acids is 2. The maximum atomic E-state index is 13.4. The fourth-order valence-electron chi connectivity index (χ4n) is 4.40. The molecule has 37 heavy (non-hydrogen) atoms. The highest BCUT2D eigenvalue weighted by molar-refractivity contribution is 7.07. The van der Waals surface area contributed by atoms with E-state index in [-0.39, 0.29) is 36.5 Å². The smallest absolute Gasteiger partial charge is 0.245 e. The third-order valence-corrected chi connectivity index (χ3v) is 7.01. The van der Waals surface area contributed by atoms with Crippen molar-refractivity contribution in [3.63, 3.8) is 0 Å². The van der Waals surface area contributed by atoms with E-state index in [1.54, 1.807) is 40.5 Å². The van der Waals surface area contributed by atoms with Gasteiger partial charge < -0.3 is 15.0 Å². The zero-order chi connectivity index (χ0) is 25.6. The molecule has 0 radical (unpaired) electrons. The number of aromatic nitrogens is 3. The average Bonchev–Trinajstić information content (AvgIpc) is 3.68. The second-order valence-corrected chi connectivity index (χ2v) is 9.72. The molecule has 0 spiro atoms. The SMILES string of the molecule is O=C(Cc1ccc(Oc2ccc(F)cc2)cc1)[C@@H]1C[C@@H](NCc2ccsc2)CN1C(=O)Cn1cncn1. The van der Waals surface area contributed by atoms with Gasteiger partial charge in [0.1, 0.15) is 36.5 Å². The van der Waals surface area contributed by atoms with Gasteiger partial charge in [0, 0.05) is 25.6 Å². The standard InChI is InChI=1S/C27H26FN5O3S/c28-21-3-7-24(8-4-21)36-23-5-1-19(2-6-23)11-26(34)25-12-22(30-13-20-9-10-37-16-20)14-33(25)27(35)15-32-18-29-17-31-32/h1-10,16-18,22,25,30H,11-15H2/t22-,25+/m1/s1. The monoisotopic (exact) mass is 519 g/mol. The summed E-state index contributed by atoms with van der Waals surface area (Å²) in [6.07, 6.45) is 3.63. The minimum absolute atomic E-state index is 0.0139. The summed E-state index contributed by atoms with van der Waals surface area (Å²) in [6, 6.07) is 14.6. The van der Waals surface area contributed by atoms with Crippen LogP contribution in [0.25, 0.3) is 0 Å². The number of thiophene rings is 1. The lowest BCUT2D eigenvalue weighted by Gasteiger charge is -2.23. The molecule has 8 nitrogen and oxygen atoms in total. The second kappa shape index (κ2) is 11.4. The predicted molar refractivity (Wildman–Crippen MR) is 137 cm³/mol. The van der Waals surface area contributed by atoms with Gasteiger partial charge in [-0.1, -0.05) is 12.1 Å². The summed E-state index contributed by atoms with van der Waals surface area (Å²) < 4.78 is 20.3. The zero-order valence-corrected chi connectivity index (χ0v) is 20.8. The van der Waals surface area contributed by atoms with Crippen LogP contribution in [0.2, 0.25) is 0 Å². The third kappa shape index (κ3) is 6.46. The number of amides is 1. The van der Waals surface area contributed by atoms with Gasteiger partial charge in [-0.2, -0.15) is 16.4 Å². The minimum atomic E-state index is -0.522. The van der Waals surface area contributed by atoms with Crippen LogP contribution >= 0.6 is 11.3 Å². The van der Waals surface area contributed by atoms with Crippen molar-refractivity contribution in [3.8, 4) is 11.5 Å². The molecule has 1 fully saturated rings. The second-order valence-electron chi connectivity index (χ2n) is 8.94. The molecule has 1 aliphatic rings. The molecule has 0 unspecified atom stereocenters. The number of carbonyl (C=O) groups is 2. The Kier molecular flexibility index (Phi) is 7.67. The van der Waals surface area contributed by atoms with Gasteiger partial charge in [0.05, 0.1) is 6.04 Å². The molecule has 5 rings (SSSR count). The first-order valence-corrected chi connectivity index (χ1v) is 12.9. The van der Waals surface area contributed by atoms with Crippen LogP contribution < -0.4 is 10.1 Å². The first-order chi connectivity index (χ1) is 18.0. The lowest BCUT2D eigenvalue weighted by atomic mass is 10.0. The highest BCUT2D eigenvalue weighted by Crippen LogP contribution is 2.24. The van der Waals surface area contributed by atoms with E-state index in [1.165, 1.54) is 35.0 Å². The number of ether oxygens (including phenoxy) is 1. The summed E-state index contributed by atoms with van der Waals surface area (Å²) in [7, 11) is 0. The number of likely N-dealkylation sites (tertiary alicyclic amines) is 1. The summed E-state index contributed by atoms with van der Waals surface area (Å²) in [4.78, 5) is 32.1. The van der Waals surface area contributed by atoms with E-state index in [9.17, 15) is 14.0 Å². The van der Waals surface area contributed by atoms with E-state index >= 15 is 0 Å². The molecule has 10 heteroatoms. The van der Waals surface area contributed by atoms with Crippen molar-refractivity contribution >= 4 is 23.0 Å². The Bertz CT molecular complexity index is 1310. The molecule has 0 saturated carbocycles. The number of ketones is 1. The van der Waals surface area contributed by atoms with Gasteiger partial charge in [0.25, 0.3) is 0 Å². The summed E-state index contributed by atoms with van der Waals surface area (Å²) in [5.74, 6) is 0.612. The van der Waals surface area contributed by atoms with E-state index in [0.29, 0.717) is 31.0 Å². The van der Waals surface area contributed by atoms with Gasteiger partial charge in [-0.25, -0.2) is 14.1 Å². The number of hydrogen-bond donors (Lipinski definition) is 1. The molecular formula is C27H26FN5O3S. The fraction of sp³-hybridized carbons (Fsp3) is 0.259. The molecule has 190 valence electrons. The van der Waals surface area contributed by atoms with Crippen LogP contribution in [0.5, 0.6) is 11.5 Å². The number of rotatable bonds is 10. The number of Topliss-reactive ketones (excluding diaryl/α,β-unsaturated/α-hetero) is 1. The lowest BCUT2D eigenvalue weighted by Crippen LogP contribution is -2.43. The van der Waals surface area contributed by atoms with Gasteiger partial charge in [-0.3, -0.25) is 9.59 Å². The quantitative estimate of drug-likeness (QED) is 0.343. The molecule has 1 saturated heterocycles. The number of benzene rings is 2. The lowest BCUT2D eigenvalue weighted by molar-refractivity contribution is -0.138. The molecule has 2 atom stereocenters. The topological polar surface area (TPSA) is 89.4 Å². The normalized spacial score (nSPS) is 17.2. The van der Waals surface area contributed by atoms with Crippen LogP contribution in [0.3, 0.4) is 0 Å². The van der Waals surface area contributed by atoms with E-state index in [4.69, 9.17) is 4.74 Å².